The number of hydrogen-bond acceptors (Lipinski definition) is 5. The van der Waals surface area contributed by atoms with Crippen LogP contribution in [0.2, 0.25) is 0 Å². The van der Waals surface area contributed by atoms with E-state index in [1.165, 1.54) is 27.8 Å². The van der Waals surface area contributed by atoms with Crippen LogP contribution in [0, 0.1) is 5.82 Å². The van der Waals surface area contributed by atoms with E-state index in [4.69, 9.17) is 4.74 Å². The Hall–Kier alpha value is -2.01. The van der Waals surface area contributed by atoms with Gasteiger partial charge in [-0.2, -0.15) is 4.31 Å². The van der Waals surface area contributed by atoms with E-state index in [2.05, 4.69) is 10.3 Å². The first kappa shape index (κ1) is 21.7. The van der Waals surface area contributed by atoms with Gasteiger partial charge in [0.15, 0.2) is 5.96 Å². The maximum Gasteiger partial charge on any atom is 0.252 e. The normalized spacial score (nSPS) is 16.0. The molecule has 1 N–H and O–H groups in total. The van der Waals surface area contributed by atoms with Crippen LogP contribution < -0.4 is 5.32 Å². The SMILES string of the molecule is CN=C(NCc1ccc(S(=O)(=O)N2CCOCC2)s1)N(C)Cc1ccc(F)cc1. The minimum Gasteiger partial charge on any atom is -0.379 e. The second-order valence-corrected chi connectivity index (χ2v) is 9.95. The highest BCUT2D eigenvalue weighted by Crippen LogP contribution is 2.25. The van der Waals surface area contributed by atoms with Crippen LogP contribution in [0.3, 0.4) is 0 Å². The van der Waals surface area contributed by atoms with Crippen LogP contribution in [0.1, 0.15) is 10.4 Å². The Morgan fingerprint density at radius 3 is 2.59 bits per heavy atom. The van der Waals surface area contributed by atoms with Crippen molar-refractivity contribution in [2.24, 2.45) is 4.99 Å². The van der Waals surface area contributed by atoms with Gasteiger partial charge >= 0.3 is 0 Å². The summed E-state index contributed by atoms with van der Waals surface area (Å²) in [6.07, 6.45) is 0. The maximum absolute atomic E-state index is 13.1. The van der Waals surface area contributed by atoms with Crippen molar-refractivity contribution < 1.29 is 17.5 Å². The number of morpholine rings is 1. The molecule has 7 nitrogen and oxygen atoms in total. The Balaban J connectivity index is 1.59. The average Bonchev–Trinajstić information content (AvgIpc) is 3.21. The second kappa shape index (κ2) is 9.66. The third-order valence-corrected chi connectivity index (χ3v) is 7.98. The van der Waals surface area contributed by atoms with E-state index in [0.29, 0.717) is 49.6 Å². The number of thiophene rings is 1. The fourth-order valence-electron chi connectivity index (χ4n) is 3.00. The van der Waals surface area contributed by atoms with E-state index in [1.54, 1.807) is 25.2 Å². The monoisotopic (exact) mass is 440 g/mol. The third-order valence-electron chi connectivity index (χ3n) is 4.53. The summed E-state index contributed by atoms with van der Waals surface area (Å²) >= 11 is 1.26. The maximum atomic E-state index is 13.1. The smallest absolute Gasteiger partial charge is 0.252 e. The van der Waals surface area contributed by atoms with Crippen LogP contribution in [0.15, 0.2) is 45.6 Å². The van der Waals surface area contributed by atoms with Crippen molar-refractivity contribution in [3.8, 4) is 0 Å². The fraction of sp³-hybridized carbons (Fsp3) is 0.421. The van der Waals surface area contributed by atoms with E-state index < -0.39 is 10.0 Å². The van der Waals surface area contributed by atoms with Gasteiger partial charge in [-0.15, -0.1) is 11.3 Å². The highest BCUT2D eigenvalue weighted by molar-refractivity contribution is 7.91. The van der Waals surface area contributed by atoms with Crippen LogP contribution in [0.5, 0.6) is 0 Å². The third kappa shape index (κ3) is 5.53. The molecule has 1 aromatic carbocycles. The molecule has 1 fully saturated rings. The summed E-state index contributed by atoms with van der Waals surface area (Å²) in [5.74, 6) is 0.403. The Labute approximate surface area is 174 Å². The molecule has 0 spiro atoms. The van der Waals surface area contributed by atoms with Gasteiger partial charge in [-0.05, 0) is 29.8 Å². The molecule has 0 aliphatic carbocycles. The summed E-state index contributed by atoms with van der Waals surface area (Å²) in [5, 5.41) is 3.25. The standard InChI is InChI=1S/C19H25FN4O3S2/c1-21-19(23(2)14-15-3-5-16(20)6-4-15)22-13-17-7-8-18(28-17)29(25,26)24-9-11-27-12-10-24/h3-8H,9-14H2,1-2H3,(H,21,22). The number of guanidine groups is 1. The van der Waals surface area contributed by atoms with Gasteiger partial charge in [0.05, 0.1) is 19.8 Å². The first-order valence-corrected chi connectivity index (χ1v) is 11.5. The first-order chi connectivity index (χ1) is 13.9. The van der Waals surface area contributed by atoms with Gasteiger partial charge in [-0.25, -0.2) is 12.8 Å². The van der Waals surface area contributed by atoms with Crippen molar-refractivity contribution in [3.05, 3.63) is 52.7 Å². The molecule has 0 atom stereocenters. The Morgan fingerprint density at radius 2 is 1.93 bits per heavy atom. The lowest BCUT2D eigenvalue weighted by molar-refractivity contribution is 0.0731. The number of hydrogen-bond donors (Lipinski definition) is 1. The lowest BCUT2D eigenvalue weighted by Crippen LogP contribution is -2.40. The highest BCUT2D eigenvalue weighted by atomic mass is 32.2. The van der Waals surface area contributed by atoms with Gasteiger partial charge in [0.2, 0.25) is 0 Å². The zero-order valence-corrected chi connectivity index (χ0v) is 18.1. The first-order valence-electron chi connectivity index (χ1n) is 9.23. The quantitative estimate of drug-likeness (QED) is 0.550. The fourth-order valence-corrected chi connectivity index (χ4v) is 5.85. The number of sulfonamides is 1. The highest BCUT2D eigenvalue weighted by Gasteiger charge is 2.27. The molecule has 0 saturated carbocycles. The van der Waals surface area contributed by atoms with Gasteiger partial charge in [0.1, 0.15) is 10.0 Å². The molecule has 1 aliphatic rings. The molecule has 0 radical (unpaired) electrons. The lowest BCUT2D eigenvalue weighted by atomic mass is 10.2. The molecule has 29 heavy (non-hydrogen) atoms. The summed E-state index contributed by atoms with van der Waals surface area (Å²) in [6.45, 7) is 2.65. The molecule has 0 bridgehead atoms. The van der Waals surface area contributed by atoms with Gasteiger partial charge < -0.3 is 15.0 Å². The minimum atomic E-state index is -3.47. The number of ether oxygens (including phenoxy) is 1. The molecule has 1 saturated heterocycles. The number of halogens is 1. The Bertz CT molecular complexity index is 939. The topological polar surface area (TPSA) is 74.2 Å². The van der Waals surface area contributed by atoms with Crippen molar-refractivity contribution in [2.45, 2.75) is 17.3 Å². The molecule has 2 heterocycles. The molecule has 10 heteroatoms. The van der Waals surface area contributed by atoms with Gasteiger partial charge in [0, 0.05) is 38.6 Å². The molecular formula is C19H25FN4O3S2. The summed E-state index contributed by atoms with van der Waals surface area (Å²) < 4.78 is 45.6. The second-order valence-electron chi connectivity index (χ2n) is 6.62. The number of rotatable bonds is 6. The molecule has 3 rings (SSSR count). The number of aliphatic imine (C=N–C) groups is 1. The van der Waals surface area contributed by atoms with Crippen LogP contribution >= 0.6 is 11.3 Å². The lowest BCUT2D eigenvalue weighted by Gasteiger charge is -2.25. The molecule has 0 unspecified atom stereocenters. The van der Waals surface area contributed by atoms with Crippen molar-refractivity contribution in [1.82, 2.24) is 14.5 Å². The number of benzene rings is 1. The van der Waals surface area contributed by atoms with E-state index in [9.17, 15) is 12.8 Å². The van der Waals surface area contributed by atoms with E-state index >= 15 is 0 Å². The Kier molecular flexibility index (Phi) is 7.23. The number of nitrogens with zero attached hydrogens (tertiary/aromatic N) is 3. The molecule has 1 aromatic heterocycles. The summed E-state index contributed by atoms with van der Waals surface area (Å²) in [5.41, 5.74) is 0.965. The minimum absolute atomic E-state index is 0.264. The van der Waals surface area contributed by atoms with Crippen molar-refractivity contribution in [3.63, 3.8) is 0 Å². The van der Waals surface area contributed by atoms with Crippen LogP contribution in [0.25, 0.3) is 0 Å². The summed E-state index contributed by atoms with van der Waals surface area (Å²) in [4.78, 5) is 7.09. The van der Waals surface area contributed by atoms with Crippen LogP contribution in [-0.2, 0) is 27.8 Å². The van der Waals surface area contributed by atoms with E-state index in [0.717, 1.165) is 10.4 Å². The average molecular weight is 441 g/mol. The number of nitrogens with one attached hydrogen (secondary N) is 1. The Morgan fingerprint density at radius 1 is 1.24 bits per heavy atom. The zero-order valence-electron chi connectivity index (χ0n) is 16.5. The molecule has 2 aromatic rings. The summed E-state index contributed by atoms with van der Waals surface area (Å²) in [6, 6.07) is 9.81. The van der Waals surface area contributed by atoms with Crippen molar-refractivity contribution >= 4 is 27.3 Å². The summed E-state index contributed by atoms with van der Waals surface area (Å²) in [7, 11) is 0.104. The molecule has 158 valence electrons. The van der Waals surface area contributed by atoms with Crippen LogP contribution in [0.4, 0.5) is 4.39 Å². The van der Waals surface area contributed by atoms with Gasteiger partial charge in [-0.1, -0.05) is 12.1 Å². The van der Waals surface area contributed by atoms with Gasteiger partial charge in [-0.3, -0.25) is 4.99 Å². The molecule has 0 amide bonds. The van der Waals surface area contributed by atoms with Crippen LogP contribution in [-0.4, -0.2) is 64.0 Å². The van der Waals surface area contributed by atoms with E-state index in [-0.39, 0.29) is 5.82 Å². The largest absolute Gasteiger partial charge is 0.379 e. The molecule has 1 aliphatic heterocycles. The van der Waals surface area contributed by atoms with Crippen molar-refractivity contribution in [2.75, 3.05) is 40.4 Å². The predicted octanol–water partition coefficient (Wildman–Crippen LogP) is 2.12. The van der Waals surface area contributed by atoms with Gasteiger partial charge in [0.25, 0.3) is 10.0 Å². The predicted molar refractivity (Wildman–Crippen MR) is 112 cm³/mol. The van der Waals surface area contributed by atoms with E-state index in [1.807, 2.05) is 18.0 Å². The molecular weight excluding hydrogens is 415 g/mol. The zero-order chi connectivity index (χ0) is 20.9. The van der Waals surface area contributed by atoms with Crippen molar-refractivity contribution in [1.29, 1.82) is 0 Å².